The molecule has 0 bridgehead atoms. The van der Waals surface area contributed by atoms with Crippen LogP contribution in [0.1, 0.15) is 53.1 Å². The second-order valence-electron chi connectivity index (χ2n) is 6.21. The number of nitrogens with zero attached hydrogens (tertiary/aromatic N) is 2. The summed E-state index contributed by atoms with van der Waals surface area (Å²) < 4.78 is 0. The topological polar surface area (TPSA) is 62.3 Å². The molecule has 0 unspecified atom stereocenters. The zero-order valence-corrected chi connectivity index (χ0v) is 15.6. The normalized spacial score (nSPS) is 10.4. The van der Waals surface area contributed by atoms with Gasteiger partial charge >= 0.3 is 0 Å². The Kier molecular flexibility index (Phi) is 7.80. The van der Waals surface area contributed by atoms with Gasteiger partial charge in [0.1, 0.15) is 5.69 Å². The van der Waals surface area contributed by atoms with Crippen molar-refractivity contribution in [2.45, 2.75) is 33.1 Å². The Morgan fingerprint density at radius 1 is 1.04 bits per heavy atom. The lowest BCUT2D eigenvalue weighted by Crippen LogP contribution is -2.33. The molecule has 5 heteroatoms. The highest BCUT2D eigenvalue weighted by Crippen LogP contribution is 2.08. The van der Waals surface area contributed by atoms with Crippen LogP contribution >= 0.6 is 0 Å². The molecule has 2 rings (SSSR count). The number of rotatable bonds is 9. The number of amides is 2. The minimum atomic E-state index is -0.185. The molecule has 0 saturated carbocycles. The molecule has 1 aromatic carbocycles. The maximum absolute atomic E-state index is 12.6. The number of benzene rings is 1. The first kappa shape index (κ1) is 19.6. The third-order valence-corrected chi connectivity index (χ3v) is 4.06. The van der Waals surface area contributed by atoms with Crippen molar-refractivity contribution in [1.29, 1.82) is 0 Å². The van der Waals surface area contributed by atoms with Crippen molar-refractivity contribution < 1.29 is 9.59 Å². The number of hydrogen-bond acceptors (Lipinski definition) is 3. The molecule has 0 spiro atoms. The SMILES string of the molecule is CCCN(CCC)C(=O)c1cc(C(=O)NCCc2ccccc2)ccn1. The third kappa shape index (κ3) is 5.69. The molecule has 2 amide bonds. The van der Waals surface area contributed by atoms with Gasteiger partial charge in [-0.25, -0.2) is 0 Å². The van der Waals surface area contributed by atoms with Crippen molar-refractivity contribution in [2.24, 2.45) is 0 Å². The lowest BCUT2D eigenvalue weighted by atomic mass is 10.1. The first-order chi connectivity index (χ1) is 12.7. The Bertz CT molecular complexity index is 710. The van der Waals surface area contributed by atoms with Gasteiger partial charge in [-0.15, -0.1) is 0 Å². The van der Waals surface area contributed by atoms with Crippen molar-refractivity contribution in [3.05, 3.63) is 65.5 Å². The van der Waals surface area contributed by atoms with Crippen LogP contribution in [-0.2, 0) is 6.42 Å². The molecule has 0 radical (unpaired) electrons. The van der Waals surface area contributed by atoms with Crippen molar-refractivity contribution >= 4 is 11.8 Å². The van der Waals surface area contributed by atoms with E-state index >= 15 is 0 Å². The van der Waals surface area contributed by atoms with Crippen LogP contribution in [0.4, 0.5) is 0 Å². The van der Waals surface area contributed by atoms with E-state index < -0.39 is 0 Å². The summed E-state index contributed by atoms with van der Waals surface area (Å²) >= 11 is 0. The van der Waals surface area contributed by atoms with Crippen LogP contribution in [0.15, 0.2) is 48.7 Å². The lowest BCUT2D eigenvalue weighted by molar-refractivity contribution is 0.0749. The average Bonchev–Trinajstić information content (AvgIpc) is 2.68. The van der Waals surface area contributed by atoms with E-state index in [0.29, 0.717) is 30.9 Å². The molecule has 0 fully saturated rings. The second-order valence-corrected chi connectivity index (χ2v) is 6.21. The lowest BCUT2D eigenvalue weighted by Gasteiger charge is -2.21. The molecule has 0 aliphatic rings. The summed E-state index contributed by atoms with van der Waals surface area (Å²) in [6.45, 7) is 6.02. The molecule has 26 heavy (non-hydrogen) atoms. The maximum atomic E-state index is 12.6. The highest BCUT2D eigenvalue weighted by atomic mass is 16.2. The van der Waals surface area contributed by atoms with E-state index in [-0.39, 0.29) is 11.8 Å². The third-order valence-electron chi connectivity index (χ3n) is 4.06. The monoisotopic (exact) mass is 353 g/mol. The summed E-state index contributed by atoms with van der Waals surface area (Å²) in [5, 5.41) is 2.90. The van der Waals surface area contributed by atoms with E-state index in [1.807, 2.05) is 44.2 Å². The van der Waals surface area contributed by atoms with E-state index in [9.17, 15) is 9.59 Å². The summed E-state index contributed by atoms with van der Waals surface area (Å²) in [6.07, 6.45) is 4.08. The van der Waals surface area contributed by atoms with Gasteiger partial charge in [-0.05, 0) is 37.0 Å². The summed E-state index contributed by atoms with van der Waals surface area (Å²) in [7, 11) is 0. The Morgan fingerprint density at radius 2 is 1.73 bits per heavy atom. The summed E-state index contributed by atoms with van der Waals surface area (Å²) in [5.74, 6) is -0.303. The maximum Gasteiger partial charge on any atom is 0.272 e. The minimum Gasteiger partial charge on any atom is -0.352 e. The Morgan fingerprint density at radius 3 is 2.38 bits per heavy atom. The number of nitrogens with one attached hydrogen (secondary N) is 1. The van der Waals surface area contributed by atoms with Gasteiger partial charge in [-0.2, -0.15) is 0 Å². The minimum absolute atomic E-state index is 0.118. The van der Waals surface area contributed by atoms with Crippen molar-refractivity contribution in [3.8, 4) is 0 Å². The fourth-order valence-corrected chi connectivity index (χ4v) is 2.77. The van der Waals surface area contributed by atoms with Gasteiger partial charge in [0.2, 0.25) is 0 Å². The summed E-state index contributed by atoms with van der Waals surface area (Å²) in [6, 6.07) is 13.2. The number of hydrogen-bond donors (Lipinski definition) is 1. The fraction of sp³-hybridized carbons (Fsp3) is 0.381. The smallest absolute Gasteiger partial charge is 0.272 e. The predicted octanol–water partition coefficient (Wildman–Crippen LogP) is 3.32. The van der Waals surface area contributed by atoms with Crippen LogP contribution in [-0.4, -0.2) is 41.3 Å². The summed E-state index contributed by atoms with van der Waals surface area (Å²) in [5.41, 5.74) is 1.96. The van der Waals surface area contributed by atoms with E-state index in [1.165, 1.54) is 11.8 Å². The van der Waals surface area contributed by atoms with Gasteiger partial charge in [0.15, 0.2) is 0 Å². The molecule has 1 N–H and O–H groups in total. The largest absolute Gasteiger partial charge is 0.352 e. The van der Waals surface area contributed by atoms with Crippen molar-refractivity contribution in [3.63, 3.8) is 0 Å². The quantitative estimate of drug-likeness (QED) is 0.752. The fourth-order valence-electron chi connectivity index (χ4n) is 2.77. The molecule has 1 heterocycles. The molecule has 0 aliphatic carbocycles. The van der Waals surface area contributed by atoms with E-state index in [1.54, 1.807) is 17.0 Å². The molecular formula is C21H27N3O2. The number of carbonyl (C=O) groups excluding carboxylic acids is 2. The zero-order valence-electron chi connectivity index (χ0n) is 15.6. The number of aromatic nitrogens is 1. The van der Waals surface area contributed by atoms with Crippen LogP contribution in [0.2, 0.25) is 0 Å². The van der Waals surface area contributed by atoms with E-state index in [4.69, 9.17) is 0 Å². The molecule has 1 aromatic heterocycles. The van der Waals surface area contributed by atoms with Crippen LogP contribution in [0.5, 0.6) is 0 Å². The molecule has 2 aromatic rings. The van der Waals surface area contributed by atoms with Crippen LogP contribution in [0, 0.1) is 0 Å². The molecule has 0 aliphatic heterocycles. The van der Waals surface area contributed by atoms with Crippen LogP contribution in [0.3, 0.4) is 0 Å². The van der Waals surface area contributed by atoms with Crippen LogP contribution < -0.4 is 5.32 Å². The van der Waals surface area contributed by atoms with Gasteiger partial charge < -0.3 is 10.2 Å². The van der Waals surface area contributed by atoms with Gasteiger partial charge in [0, 0.05) is 31.4 Å². The molecular weight excluding hydrogens is 326 g/mol. The highest BCUT2D eigenvalue weighted by Gasteiger charge is 2.17. The Hall–Kier alpha value is -2.69. The highest BCUT2D eigenvalue weighted by molar-refractivity contribution is 5.98. The Labute approximate surface area is 155 Å². The van der Waals surface area contributed by atoms with Gasteiger partial charge in [-0.3, -0.25) is 14.6 Å². The van der Waals surface area contributed by atoms with E-state index in [0.717, 1.165) is 19.3 Å². The number of carbonyl (C=O) groups is 2. The first-order valence-corrected chi connectivity index (χ1v) is 9.23. The van der Waals surface area contributed by atoms with Crippen LogP contribution in [0.25, 0.3) is 0 Å². The van der Waals surface area contributed by atoms with E-state index in [2.05, 4.69) is 10.3 Å². The van der Waals surface area contributed by atoms with Gasteiger partial charge in [-0.1, -0.05) is 44.2 Å². The summed E-state index contributed by atoms with van der Waals surface area (Å²) in [4.78, 5) is 31.0. The molecule has 0 atom stereocenters. The second kappa shape index (κ2) is 10.3. The number of pyridine rings is 1. The van der Waals surface area contributed by atoms with Gasteiger partial charge in [0.25, 0.3) is 11.8 Å². The standard InChI is InChI=1S/C21H27N3O2/c1-3-14-24(15-4-2)21(26)19-16-18(11-13-22-19)20(25)23-12-10-17-8-6-5-7-9-17/h5-9,11,13,16H,3-4,10,12,14-15H2,1-2H3,(H,23,25). The molecule has 5 nitrogen and oxygen atoms in total. The average molecular weight is 353 g/mol. The predicted molar refractivity (Wildman–Crippen MR) is 103 cm³/mol. The first-order valence-electron chi connectivity index (χ1n) is 9.23. The molecule has 0 saturated heterocycles. The molecule has 138 valence electrons. The Balaban J connectivity index is 1.98. The van der Waals surface area contributed by atoms with Crippen molar-refractivity contribution in [2.75, 3.05) is 19.6 Å². The zero-order chi connectivity index (χ0) is 18.8. The van der Waals surface area contributed by atoms with Gasteiger partial charge in [0.05, 0.1) is 0 Å². The van der Waals surface area contributed by atoms with Crippen molar-refractivity contribution in [1.82, 2.24) is 15.2 Å².